The summed E-state index contributed by atoms with van der Waals surface area (Å²) in [6.07, 6.45) is 1.28. The fourth-order valence-electron chi connectivity index (χ4n) is 2.16. The van der Waals surface area contributed by atoms with Crippen LogP contribution < -0.4 is 21.3 Å². The van der Waals surface area contributed by atoms with Crippen molar-refractivity contribution in [2.75, 3.05) is 13.2 Å². The number of hydrogen-bond donors (Lipinski definition) is 3. The number of nitrogens with zero attached hydrogens (tertiary/aromatic N) is 1. The maximum Gasteiger partial charge on any atom is 0.327 e. The molecule has 0 radical (unpaired) electrons. The SMILES string of the molecule is O=C(NCCOc1cccc(Cl)c1)c1cnc2[nH]c(=O)[nH]c(=O)c2c1. The monoisotopic (exact) mass is 360 g/mol. The van der Waals surface area contributed by atoms with Crippen LogP contribution in [0.4, 0.5) is 0 Å². The Bertz CT molecular complexity index is 1040. The van der Waals surface area contributed by atoms with E-state index in [0.29, 0.717) is 10.8 Å². The number of aromatic amines is 2. The molecular weight excluding hydrogens is 348 g/mol. The molecule has 0 unspecified atom stereocenters. The lowest BCUT2D eigenvalue weighted by Gasteiger charge is -2.08. The molecule has 0 aliphatic carbocycles. The summed E-state index contributed by atoms with van der Waals surface area (Å²) in [4.78, 5) is 43.4. The van der Waals surface area contributed by atoms with E-state index in [4.69, 9.17) is 16.3 Å². The number of benzene rings is 1. The molecule has 2 heterocycles. The Morgan fingerprint density at radius 1 is 1.24 bits per heavy atom. The van der Waals surface area contributed by atoms with Gasteiger partial charge in [-0.15, -0.1) is 0 Å². The van der Waals surface area contributed by atoms with Gasteiger partial charge in [-0.05, 0) is 24.3 Å². The van der Waals surface area contributed by atoms with Crippen molar-refractivity contribution in [2.24, 2.45) is 0 Å². The van der Waals surface area contributed by atoms with Gasteiger partial charge >= 0.3 is 5.69 Å². The third-order valence-electron chi connectivity index (χ3n) is 3.31. The second-order valence-corrected chi connectivity index (χ2v) is 5.53. The number of aromatic nitrogens is 3. The number of halogens is 1. The van der Waals surface area contributed by atoms with E-state index in [2.05, 4.69) is 20.3 Å². The molecule has 0 spiro atoms. The van der Waals surface area contributed by atoms with Crippen LogP contribution in [-0.2, 0) is 0 Å². The first-order valence-corrected chi connectivity index (χ1v) is 7.69. The first-order valence-electron chi connectivity index (χ1n) is 7.32. The van der Waals surface area contributed by atoms with Gasteiger partial charge < -0.3 is 10.1 Å². The molecule has 0 fully saturated rings. The van der Waals surface area contributed by atoms with Gasteiger partial charge in [0.15, 0.2) is 0 Å². The summed E-state index contributed by atoms with van der Waals surface area (Å²) in [5.74, 6) is 0.194. The topological polar surface area (TPSA) is 117 Å². The van der Waals surface area contributed by atoms with Crippen molar-refractivity contribution in [1.82, 2.24) is 20.3 Å². The Morgan fingerprint density at radius 2 is 2.08 bits per heavy atom. The average molecular weight is 361 g/mol. The van der Waals surface area contributed by atoms with Crippen molar-refractivity contribution in [3.05, 3.63) is 68.0 Å². The summed E-state index contributed by atoms with van der Waals surface area (Å²) in [5, 5.41) is 3.35. The maximum atomic E-state index is 12.1. The molecule has 1 amide bonds. The van der Waals surface area contributed by atoms with Gasteiger partial charge in [0.25, 0.3) is 11.5 Å². The molecule has 25 heavy (non-hydrogen) atoms. The quantitative estimate of drug-likeness (QED) is 0.588. The molecule has 0 aliphatic rings. The smallest absolute Gasteiger partial charge is 0.327 e. The highest BCUT2D eigenvalue weighted by molar-refractivity contribution is 6.30. The molecule has 0 bridgehead atoms. The van der Waals surface area contributed by atoms with Crippen LogP contribution >= 0.6 is 11.6 Å². The number of ether oxygens (including phenoxy) is 1. The van der Waals surface area contributed by atoms with Crippen LogP contribution in [0.3, 0.4) is 0 Å². The summed E-state index contributed by atoms with van der Waals surface area (Å²) in [5.41, 5.74) is -0.937. The molecule has 0 aliphatic heterocycles. The Labute approximate surface area is 145 Å². The molecular formula is C16H13ClN4O4. The largest absolute Gasteiger partial charge is 0.492 e. The summed E-state index contributed by atoms with van der Waals surface area (Å²) in [6.45, 7) is 0.506. The molecule has 3 rings (SSSR count). The predicted octanol–water partition coefficient (Wildman–Crippen LogP) is 1.07. The number of amides is 1. The van der Waals surface area contributed by atoms with Gasteiger partial charge in [-0.2, -0.15) is 0 Å². The van der Waals surface area contributed by atoms with Crippen molar-refractivity contribution in [2.45, 2.75) is 0 Å². The summed E-state index contributed by atoms with van der Waals surface area (Å²) >= 11 is 5.85. The van der Waals surface area contributed by atoms with Crippen LogP contribution in [0.25, 0.3) is 11.0 Å². The normalized spacial score (nSPS) is 10.6. The fraction of sp³-hybridized carbons (Fsp3) is 0.125. The Kier molecular flexibility index (Phi) is 4.80. The van der Waals surface area contributed by atoms with Crippen LogP contribution in [0.1, 0.15) is 10.4 Å². The van der Waals surface area contributed by atoms with Gasteiger partial charge in [0.1, 0.15) is 18.0 Å². The summed E-state index contributed by atoms with van der Waals surface area (Å²) in [7, 11) is 0. The minimum atomic E-state index is -0.652. The van der Waals surface area contributed by atoms with E-state index in [1.54, 1.807) is 24.3 Å². The Balaban J connectivity index is 1.62. The first kappa shape index (κ1) is 16.7. The predicted molar refractivity (Wildman–Crippen MR) is 92.3 cm³/mol. The zero-order valence-electron chi connectivity index (χ0n) is 12.8. The molecule has 128 valence electrons. The minimum Gasteiger partial charge on any atom is -0.492 e. The lowest BCUT2D eigenvalue weighted by atomic mass is 10.2. The Morgan fingerprint density at radius 3 is 2.88 bits per heavy atom. The average Bonchev–Trinajstić information content (AvgIpc) is 2.58. The van der Waals surface area contributed by atoms with E-state index >= 15 is 0 Å². The highest BCUT2D eigenvalue weighted by Gasteiger charge is 2.09. The van der Waals surface area contributed by atoms with Crippen molar-refractivity contribution < 1.29 is 9.53 Å². The van der Waals surface area contributed by atoms with E-state index in [1.165, 1.54) is 12.3 Å². The first-order chi connectivity index (χ1) is 12.0. The highest BCUT2D eigenvalue weighted by Crippen LogP contribution is 2.16. The summed E-state index contributed by atoms with van der Waals surface area (Å²) in [6, 6.07) is 8.29. The molecule has 1 aromatic carbocycles. The standard InChI is InChI=1S/C16H13ClN4O4/c17-10-2-1-3-11(7-10)25-5-4-18-14(22)9-6-12-13(19-8-9)20-16(24)21-15(12)23/h1-3,6-8H,4-5H2,(H,18,22)(H2,19,20,21,23,24). The molecule has 9 heteroatoms. The molecule has 3 aromatic rings. The maximum absolute atomic E-state index is 12.1. The van der Waals surface area contributed by atoms with E-state index in [-0.39, 0.29) is 29.7 Å². The second kappa shape index (κ2) is 7.18. The van der Waals surface area contributed by atoms with Gasteiger partial charge in [-0.1, -0.05) is 17.7 Å². The third kappa shape index (κ3) is 4.04. The fourth-order valence-corrected chi connectivity index (χ4v) is 2.34. The number of H-pyrrole nitrogens is 2. The van der Waals surface area contributed by atoms with Gasteiger partial charge in [-0.3, -0.25) is 19.6 Å². The van der Waals surface area contributed by atoms with Gasteiger partial charge in [-0.25, -0.2) is 9.78 Å². The minimum absolute atomic E-state index is 0.120. The lowest BCUT2D eigenvalue weighted by Crippen LogP contribution is -2.29. The highest BCUT2D eigenvalue weighted by atomic mass is 35.5. The molecule has 0 atom stereocenters. The van der Waals surface area contributed by atoms with Crippen molar-refractivity contribution in [1.29, 1.82) is 0 Å². The van der Waals surface area contributed by atoms with Gasteiger partial charge in [0.05, 0.1) is 17.5 Å². The lowest BCUT2D eigenvalue weighted by molar-refractivity contribution is 0.0947. The van der Waals surface area contributed by atoms with Crippen LogP contribution in [0.15, 0.2) is 46.1 Å². The van der Waals surface area contributed by atoms with Crippen molar-refractivity contribution in [3.63, 3.8) is 0 Å². The number of rotatable bonds is 5. The molecule has 8 nitrogen and oxygen atoms in total. The van der Waals surface area contributed by atoms with E-state index in [9.17, 15) is 14.4 Å². The van der Waals surface area contributed by atoms with Crippen LogP contribution in [0.5, 0.6) is 5.75 Å². The van der Waals surface area contributed by atoms with Crippen LogP contribution in [0.2, 0.25) is 5.02 Å². The third-order valence-corrected chi connectivity index (χ3v) is 3.54. The van der Waals surface area contributed by atoms with E-state index in [1.807, 2.05) is 0 Å². The van der Waals surface area contributed by atoms with Gasteiger partial charge in [0, 0.05) is 11.2 Å². The molecule has 3 N–H and O–H groups in total. The molecule has 0 saturated carbocycles. The van der Waals surface area contributed by atoms with Crippen molar-refractivity contribution >= 4 is 28.5 Å². The van der Waals surface area contributed by atoms with Gasteiger partial charge in [0.2, 0.25) is 0 Å². The second-order valence-electron chi connectivity index (χ2n) is 5.09. The zero-order valence-corrected chi connectivity index (χ0v) is 13.6. The number of hydrogen-bond acceptors (Lipinski definition) is 5. The number of carbonyl (C=O) groups is 1. The van der Waals surface area contributed by atoms with Crippen molar-refractivity contribution in [3.8, 4) is 5.75 Å². The van der Waals surface area contributed by atoms with Crippen LogP contribution in [0, 0.1) is 0 Å². The van der Waals surface area contributed by atoms with E-state index < -0.39 is 17.2 Å². The number of nitrogens with one attached hydrogen (secondary N) is 3. The molecule has 2 aromatic heterocycles. The van der Waals surface area contributed by atoms with Crippen LogP contribution in [-0.4, -0.2) is 34.0 Å². The Hall–Kier alpha value is -3.13. The number of pyridine rings is 1. The summed E-state index contributed by atoms with van der Waals surface area (Å²) < 4.78 is 5.47. The number of carbonyl (C=O) groups excluding carboxylic acids is 1. The zero-order chi connectivity index (χ0) is 17.8. The molecule has 0 saturated heterocycles. The van der Waals surface area contributed by atoms with E-state index in [0.717, 1.165) is 0 Å². The number of fused-ring (bicyclic) bond motifs is 1.